The number of hydrogen-bond donors (Lipinski definition) is 2. The summed E-state index contributed by atoms with van der Waals surface area (Å²) in [5.74, 6) is -0.886. The van der Waals surface area contributed by atoms with Crippen LogP contribution in [0.5, 0.6) is 0 Å². The van der Waals surface area contributed by atoms with E-state index in [1.54, 1.807) is 0 Å². The number of hydrogen-bond acceptors (Lipinski definition) is 4. The maximum absolute atomic E-state index is 12.0. The maximum Gasteiger partial charge on any atom is 0.407 e. The number of carbonyl (C=O) groups excluding carboxylic acids is 1. The zero-order chi connectivity index (χ0) is 19.6. The molecule has 2 aromatic rings. The molecule has 6 nitrogen and oxygen atoms in total. The van der Waals surface area contributed by atoms with E-state index < -0.39 is 23.7 Å². The van der Waals surface area contributed by atoms with E-state index in [-0.39, 0.29) is 6.04 Å². The van der Waals surface area contributed by atoms with E-state index in [4.69, 9.17) is 4.74 Å². The van der Waals surface area contributed by atoms with Crippen LogP contribution < -0.4 is 5.32 Å². The number of fused-ring (bicyclic) bond motifs is 1. The highest BCUT2D eigenvalue weighted by molar-refractivity contribution is 5.85. The topological polar surface area (TPSA) is 78.9 Å². The van der Waals surface area contributed by atoms with Crippen molar-refractivity contribution in [2.75, 3.05) is 13.1 Å². The summed E-state index contributed by atoms with van der Waals surface area (Å²) in [5, 5.41) is 14.8. The van der Waals surface area contributed by atoms with Crippen molar-refractivity contribution in [3.63, 3.8) is 0 Å². The normalized spacial score (nSPS) is 19.0. The summed E-state index contributed by atoms with van der Waals surface area (Å²) in [4.78, 5) is 25.9. The second kappa shape index (κ2) is 7.56. The van der Waals surface area contributed by atoms with Crippen molar-refractivity contribution < 1.29 is 19.4 Å². The zero-order valence-electron chi connectivity index (χ0n) is 15.9. The van der Waals surface area contributed by atoms with Crippen molar-refractivity contribution in [3.05, 3.63) is 48.0 Å². The number of aliphatic carboxylic acids is 1. The van der Waals surface area contributed by atoms with Crippen LogP contribution in [0.4, 0.5) is 4.79 Å². The number of carboxylic acid groups (broad SMARTS) is 1. The van der Waals surface area contributed by atoms with Crippen LogP contribution in [0, 0.1) is 0 Å². The van der Waals surface area contributed by atoms with E-state index in [0.717, 1.165) is 16.3 Å². The number of amides is 1. The zero-order valence-corrected chi connectivity index (χ0v) is 15.9. The lowest BCUT2D eigenvalue weighted by atomic mass is 10.0. The SMILES string of the molecule is CC(C)(C)OC(=O)N[C@H]1CCN([C@H](C(=O)O)c2ccc3ccccc3c2)C1. The van der Waals surface area contributed by atoms with Gasteiger partial charge in [-0.1, -0.05) is 36.4 Å². The van der Waals surface area contributed by atoms with Crippen molar-refractivity contribution in [1.82, 2.24) is 10.2 Å². The van der Waals surface area contributed by atoms with Gasteiger partial charge in [0, 0.05) is 19.1 Å². The predicted molar refractivity (Wildman–Crippen MR) is 104 cm³/mol. The molecule has 1 aliphatic heterocycles. The Labute approximate surface area is 159 Å². The fraction of sp³-hybridized carbons (Fsp3) is 0.429. The summed E-state index contributed by atoms with van der Waals surface area (Å²) in [7, 11) is 0. The highest BCUT2D eigenvalue weighted by Crippen LogP contribution is 2.28. The molecule has 0 saturated carbocycles. The molecule has 0 unspecified atom stereocenters. The Bertz CT molecular complexity index is 843. The van der Waals surface area contributed by atoms with Gasteiger partial charge in [0.2, 0.25) is 0 Å². The van der Waals surface area contributed by atoms with E-state index in [2.05, 4.69) is 5.32 Å². The van der Waals surface area contributed by atoms with Gasteiger partial charge in [0.15, 0.2) is 0 Å². The maximum atomic E-state index is 12.0. The minimum Gasteiger partial charge on any atom is -0.480 e. The van der Waals surface area contributed by atoms with Crippen molar-refractivity contribution in [1.29, 1.82) is 0 Å². The molecule has 0 spiro atoms. The molecule has 2 N–H and O–H groups in total. The number of benzene rings is 2. The van der Waals surface area contributed by atoms with Gasteiger partial charge in [0.05, 0.1) is 0 Å². The first-order valence-electron chi connectivity index (χ1n) is 9.18. The number of carboxylic acids is 1. The summed E-state index contributed by atoms with van der Waals surface area (Å²) < 4.78 is 5.29. The Balaban J connectivity index is 1.72. The third-order valence-electron chi connectivity index (χ3n) is 4.63. The van der Waals surface area contributed by atoms with E-state index in [9.17, 15) is 14.7 Å². The van der Waals surface area contributed by atoms with Gasteiger partial charge in [-0.3, -0.25) is 9.69 Å². The van der Waals surface area contributed by atoms with Gasteiger partial charge in [-0.25, -0.2) is 4.79 Å². The van der Waals surface area contributed by atoms with Crippen LogP contribution in [0.1, 0.15) is 38.8 Å². The molecule has 0 radical (unpaired) electrons. The summed E-state index contributed by atoms with van der Waals surface area (Å²) in [6, 6.07) is 12.8. The molecule has 1 amide bonds. The van der Waals surface area contributed by atoms with Crippen molar-refractivity contribution in [2.24, 2.45) is 0 Å². The first kappa shape index (κ1) is 19.2. The van der Waals surface area contributed by atoms with Crippen LogP contribution >= 0.6 is 0 Å². The fourth-order valence-corrected chi connectivity index (χ4v) is 3.50. The minimum atomic E-state index is -0.886. The van der Waals surface area contributed by atoms with Crippen LogP contribution in [0.15, 0.2) is 42.5 Å². The number of rotatable bonds is 4. The molecule has 0 aromatic heterocycles. The number of nitrogens with zero attached hydrogens (tertiary/aromatic N) is 1. The number of ether oxygens (including phenoxy) is 1. The summed E-state index contributed by atoms with van der Waals surface area (Å²) in [5.41, 5.74) is 0.191. The van der Waals surface area contributed by atoms with E-state index in [1.807, 2.05) is 68.1 Å². The molecule has 1 aliphatic rings. The number of alkyl carbamates (subject to hydrolysis) is 1. The van der Waals surface area contributed by atoms with Gasteiger partial charge in [-0.05, 0) is 49.6 Å². The lowest BCUT2D eigenvalue weighted by Crippen LogP contribution is -2.41. The number of likely N-dealkylation sites (tertiary alicyclic amines) is 1. The molecule has 1 heterocycles. The van der Waals surface area contributed by atoms with Gasteiger partial charge in [0.25, 0.3) is 0 Å². The third kappa shape index (κ3) is 4.77. The van der Waals surface area contributed by atoms with Gasteiger partial charge < -0.3 is 15.2 Å². The Morgan fingerprint density at radius 1 is 1.19 bits per heavy atom. The summed E-state index contributed by atoms with van der Waals surface area (Å²) in [6.07, 6.45) is 0.225. The lowest BCUT2D eigenvalue weighted by Gasteiger charge is -2.25. The molecule has 0 aliphatic carbocycles. The second-order valence-corrected chi connectivity index (χ2v) is 7.97. The molecular formula is C21H26N2O4. The molecule has 6 heteroatoms. The molecule has 27 heavy (non-hydrogen) atoms. The highest BCUT2D eigenvalue weighted by atomic mass is 16.6. The quantitative estimate of drug-likeness (QED) is 0.860. The molecular weight excluding hydrogens is 344 g/mol. The van der Waals surface area contributed by atoms with Gasteiger partial charge in [0.1, 0.15) is 11.6 Å². The Morgan fingerprint density at radius 3 is 2.56 bits per heavy atom. The average Bonchev–Trinajstić information content (AvgIpc) is 3.00. The number of nitrogens with one attached hydrogen (secondary N) is 1. The van der Waals surface area contributed by atoms with Crippen LogP contribution in [0.2, 0.25) is 0 Å². The molecule has 2 aromatic carbocycles. The Kier molecular flexibility index (Phi) is 5.37. The Hall–Kier alpha value is -2.60. The molecule has 144 valence electrons. The standard InChI is InChI=1S/C21H26N2O4/c1-21(2,3)27-20(26)22-17-10-11-23(13-17)18(19(24)25)16-9-8-14-6-4-5-7-15(14)12-16/h4-9,12,17-18H,10-11,13H2,1-3H3,(H,22,26)(H,24,25)/t17-,18-/m0/s1. The monoisotopic (exact) mass is 370 g/mol. The van der Waals surface area contributed by atoms with Crippen molar-refractivity contribution in [2.45, 2.75) is 44.9 Å². The third-order valence-corrected chi connectivity index (χ3v) is 4.63. The smallest absolute Gasteiger partial charge is 0.407 e. The first-order valence-corrected chi connectivity index (χ1v) is 9.18. The first-order chi connectivity index (χ1) is 12.7. The van der Waals surface area contributed by atoms with Crippen molar-refractivity contribution in [3.8, 4) is 0 Å². The van der Waals surface area contributed by atoms with Crippen LogP contribution in [-0.2, 0) is 9.53 Å². The van der Waals surface area contributed by atoms with Gasteiger partial charge >= 0.3 is 12.1 Å². The number of carbonyl (C=O) groups is 2. The largest absolute Gasteiger partial charge is 0.480 e. The van der Waals surface area contributed by atoms with E-state index in [1.165, 1.54) is 0 Å². The molecule has 1 fully saturated rings. The molecule has 0 bridgehead atoms. The van der Waals surface area contributed by atoms with Crippen LogP contribution in [0.3, 0.4) is 0 Å². The second-order valence-electron chi connectivity index (χ2n) is 7.97. The predicted octanol–water partition coefficient (Wildman–Crippen LogP) is 3.56. The summed E-state index contributed by atoms with van der Waals surface area (Å²) in [6.45, 7) is 6.52. The fourth-order valence-electron chi connectivity index (χ4n) is 3.50. The lowest BCUT2D eigenvalue weighted by molar-refractivity contribution is -0.143. The van der Waals surface area contributed by atoms with Crippen LogP contribution in [0.25, 0.3) is 10.8 Å². The van der Waals surface area contributed by atoms with Gasteiger partial charge in [-0.2, -0.15) is 0 Å². The minimum absolute atomic E-state index is 0.123. The highest BCUT2D eigenvalue weighted by Gasteiger charge is 2.34. The van der Waals surface area contributed by atoms with E-state index >= 15 is 0 Å². The summed E-state index contributed by atoms with van der Waals surface area (Å²) >= 11 is 0. The average molecular weight is 370 g/mol. The van der Waals surface area contributed by atoms with Gasteiger partial charge in [-0.15, -0.1) is 0 Å². The molecule has 3 rings (SSSR count). The molecule has 1 saturated heterocycles. The van der Waals surface area contributed by atoms with Crippen LogP contribution in [-0.4, -0.2) is 46.8 Å². The van der Waals surface area contributed by atoms with E-state index in [0.29, 0.717) is 19.5 Å². The molecule has 2 atom stereocenters. The van der Waals surface area contributed by atoms with Crippen molar-refractivity contribution >= 4 is 22.8 Å². The Morgan fingerprint density at radius 2 is 1.89 bits per heavy atom.